The molecule has 2 amide bonds. The molecular formula is C20H25N7O3. The number of aromatic nitrogens is 4. The van der Waals surface area contributed by atoms with Gasteiger partial charge in [-0.25, -0.2) is 4.98 Å². The maximum Gasteiger partial charge on any atom is 0.276 e. The molecule has 0 unspecified atom stereocenters. The molecule has 0 aliphatic carbocycles. The molecule has 10 nitrogen and oxygen atoms in total. The van der Waals surface area contributed by atoms with Crippen LogP contribution in [-0.2, 0) is 6.54 Å². The highest BCUT2D eigenvalue weighted by atomic mass is 16.5. The van der Waals surface area contributed by atoms with E-state index in [0.29, 0.717) is 48.2 Å². The van der Waals surface area contributed by atoms with E-state index in [4.69, 9.17) is 16.2 Å². The number of amides is 2. The van der Waals surface area contributed by atoms with E-state index in [-0.39, 0.29) is 11.9 Å². The Hall–Kier alpha value is -3.40. The first-order valence-corrected chi connectivity index (χ1v) is 9.97. The lowest BCUT2D eigenvalue weighted by Crippen LogP contribution is -2.26. The van der Waals surface area contributed by atoms with Crippen LogP contribution in [0.15, 0.2) is 18.2 Å². The highest BCUT2D eigenvalue weighted by Crippen LogP contribution is 2.38. The van der Waals surface area contributed by atoms with Crippen molar-refractivity contribution in [1.29, 1.82) is 0 Å². The summed E-state index contributed by atoms with van der Waals surface area (Å²) in [4.78, 5) is 29.3. The first kappa shape index (κ1) is 19.9. The van der Waals surface area contributed by atoms with Gasteiger partial charge in [-0.3, -0.25) is 19.6 Å². The summed E-state index contributed by atoms with van der Waals surface area (Å²) < 4.78 is 9.51. The Balaban J connectivity index is 1.80. The van der Waals surface area contributed by atoms with E-state index < -0.39 is 5.91 Å². The second-order valence-corrected chi connectivity index (χ2v) is 7.35. The number of rotatable bonds is 7. The number of carbonyl (C=O) groups is 2. The molecule has 10 heteroatoms. The van der Waals surface area contributed by atoms with Crippen LogP contribution in [0.25, 0.3) is 11.0 Å². The van der Waals surface area contributed by atoms with E-state index in [2.05, 4.69) is 15.4 Å². The molecular weight excluding hydrogens is 386 g/mol. The van der Waals surface area contributed by atoms with E-state index in [1.807, 2.05) is 18.4 Å². The van der Waals surface area contributed by atoms with Gasteiger partial charge in [-0.05, 0) is 51.4 Å². The Bertz CT molecular complexity index is 1130. The number of anilines is 1. The summed E-state index contributed by atoms with van der Waals surface area (Å²) in [6, 6.07) is 4.92. The fourth-order valence-electron chi connectivity index (χ4n) is 3.85. The quantitative estimate of drug-likeness (QED) is 0.539. The minimum Gasteiger partial charge on any atom is -0.489 e. The Morgan fingerprint density at radius 1 is 1.33 bits per heavy atom. The predicted octanol–water partition coefficient (Wildman–Crippen LogP) is 1.58. The summed E-state index contributed by atoms with van der Waals surface area (Å²) in [6.45, 7) is 5.28. The summed E-state index contributed by atoms with van der Waals surface area (Å²) in [5.41, 5.74) is 13.9. The Labute approximate surface area is 173 Å². The summed E-state index contributed by atoms with van der Waals surface area (Å²) in [5, 5.41) is 7.25. The van der Waals surface area contributed by atoms with Gasteiger partial charge in [0.25, 0.3) is 5.91 Å². The summed E-state index contributed by atoms with van der Waals surface area (Å²) >= 11 is 0. The molecule has 0 spiro atoms. The van der Waals surface area contributed by atoms with E-state index in [1.54, 1.807) is 22.9 Å². The molecule has 0 fully saturated rings. The number of nitrogens with zero attached hydrogens (tertiary/aromatic N) is 4. The first-order chi connectivity index (χ1) is 14.4. The number of hydrogen-bond donors (Lipinski definition) is 3. The third-order valence-electron chi connectivity index (χ3n) is 5.23. The molecule has 0 saturated carbocycles. The zero-order valence-corrected chi connectivity index (χ0v) is 17.0. The highest BCUT2D eigenvalue weighted by molar-refractivity contribution is 6.04. The highest BCUT2D eigenvalue weighted by Gasteiger charge is 2.29. The van der Waals surface area contributed by atoms with E-state index in [1.165, 1.54) is 0 Å². The molecule has 1 atom stereocenters. The topological polar surface area (TPSA) is 143 Å². The predicted molar refractivity (Wildman–Crippen MR) is 112 cm³/mol. The van der Waals surface area contributed by atoms with Crippen molar-refractivity contribution in [2.45, 2.75) is 39.3 Å². The second-order valence-electron chi connectivity index (χ2n) is 7.35. The van der Waals surface area contributed by atoms with Crippen molar-refractivity contribution in [1.82, 2.24) is 19.3 Å². The molecule has 3 aromatic rings. The van der Waals surface area contributed by atoms with Gasteiger partial charge in [0.15, 0.2) is 0 Å². The fourth-order valence-corrected chi connectivity index (χ4v) is 3.85. The first-order valence-electron chi connectivity index (χ1n) is 9.97. The number of benzene rings is 1. The number of nitrogens with one attached hydrogen (secondary N) is 1. The van der Waals surface area contributed by atoms with Crippen LogP contribution in [0.4, 0.5) is 5.95 Å². The summed E-state index contributed by atoms with van der Waals surface area (Å²) in [6.07, 6.45) is 1.57. The lowest BCUT2D eigenvalue weighted by molar-refractivity contribution is 0.0995. The summed E-state index contributed by atoms with van der Waals surface area (Å²) in [5.74, 6) is 0.0478. The Morgan fingerprint density at radius 2 is 2.13 bits per heavy atom. The molecule has 1 aromatic carbocycles. The lowest BCUT2D eigenvalue weighted by atomic mass is 10.1. The minimum absolute atomic E-state index is 0.0430. The van der Waals surface area contributed by atoms with Gasteiger partial charge in [0, 0.05) is 12.1 Å². The van der Waals surface area contributed by atoms with Crippen molar-refractivity contribution in [2.75, 3.05) is 18.5 Å². The van der Waals surface area contributed by atoms with E-state index in [9.17, 15) is 9.59 Å². The molecule has 4 rings (SSSR count). The molecule has 30 heavy (non-hydrogen) atoms. The number of aryl methyl sites for hydroxylation is 2. The third kappa shape index (κ3) is 3.39. The van der Waals surface area contributed by atoms with Gasteiger partial charge in [0.1, 0.15) is 23.6 Å². The zero-order valence-electron chi connectivity index (χ0n) is 17.0. The van der Waals surface area contributed by atoms with Gasteiger partial charge in [-0.15, -0.1) is 0 Å². The zero-order chi connectivity index (χ0) is 21.4. The fraction of sp³-hybridized carbons (Fsp3) is 0.400. The van der Waals surface area contributed by atoms with Crippen molar-refractivity contribution in [3.8, 4) is 5.75 Å². The minimum atomic E-state index is -0.565. The van der Waals surface area contributed by atoms with Crippen LogP contribution in [0.5, 0.6) is 5.75 Å². The van der Waals surface area contributed by atoms with E-state index >= 15 is 0 Å². The van der Waals surface area contributed by atoms with Gasteiger partial charge < -0.3 is 20.8 Å². The normalized spacial score (nSPS) is 15.2. The smallest absolute Gasteiger partial charge is 0.276 e. The summed E-state index contributed by atoms with van der Waals surface area (Å²) in [7, 11) is 0. The number of nitrogens with two attached hydrogens (primary N) is 2. The largest absolute Gasteiger partial charge is 0.489 e. The van der Waals surface area contributed by atoms with Crippen molar-refractivity contribution in [2.24, 2.45) is 11.5 Å². The molecule has 1 aliphatic heterocycles. The maximum atomic E-state index is 13.0. The van der Waals surface area contributed by atoms with Crippen LogP contribution in [0, 0.1) is 6.92 Å². The lowest BCUT2D eigenvalue weighted by Gasteiger charge is -2.27. The van der Waals surface area contributed by atoms with Crippen LogP contribution in [0.1, 0.15) is 52.3 Å². The van der Waals surface area contributed by atoms with Gasteiger partial charge in [0.05, 0.1) is 17.3 Å². The average molecular weight is 411 g/mol. The second kappa shape index (κ2) is 7.79. The van der Waals surface area contributed by atoms with Crippen LogP contribution in [-0.4, -0.2) is 44.3 Å². The Morgan fingerprint density at radius 3 is 2.83 bits per heavy atom. The number of primary amides is 1. The third-order valence-corrected chi connectivity index (χ3v) is 5.23. The van der Waals surface area contributed by atoms with Gasteiger partial charge in [0.2, 0.25) is 11.9 Å². The van der Waals surface area contributed by atoms with Crippen molar-refractivity contribution < 1.29 is 14.3 Å². The molecule has 1 aliphatic rings. The van der Waals surface area contributed by atoms with Crippen molar-refractivity contribution in [3.63, 3.8) is 0 Å². The number of hydrogen-bond acceptors (Lipinski definition) is 6. The van der Waals surface area contributed by atoms with Crippen molar-refractivity contribution in [3.05, 3.63) is 35.2 Å². The average Bonchev–Trinajstić information content (AvgIpc) is 3.28. The molecule has 5 N–H and O–H groups in total. The maximum absolute atomic E-state index is 13.0. The molecule has 0 bridgehead atoms. The molecule has 3 heterocycles. The molecule has 0 saturated heterocycles. The SMILES string of the molecule is CCn1nc(C)cc1C(=O)Nc1nc2cc(C(N)=O)cc3c2n1[C@@H](CCCN)CO3. The van der Waals surface area contributed by atoms with Gasteiger partial charge >= 0.3 is 0 Å². The molecule has 158 valence electrons. The standard InChI is InChI=1S/C20H25N7O3/c1-3-26-15(7-11(2)25-26)19(29)24-20-23-14-8-12(18(22)28)9-16-17(14)27(20)13(10-30-16)5-4-6-21/h7-9,13H,3-6,10,21H2,1-2H3,(H2,22,28)(H,23,24,29)/t13-/m0/s1. The van der Waals surface area contributed by atoms with Crippen molar-refractivity contribution >= 4 is 28.8 Å². The van der Waals surface area contributed by atoms with Crippen LogP contribution in [0.2, 0.25) is 0 Å². The van der Waals surface area contributed by atoms with Crippen LogP contribution >= 0.6 is 0 Å². The molecule has 0 radical (unpaired) electrons. The monoisotopic (exact) mass is 411 g/mol. The van der Waals surface area contributed by atoms with Gasteiger partial charge in [-0.1, -0.05) is 0 Å². The van der Waals surface area contributed by atoms with Crippen LogP contribution in [0.3, 0.4) is 0 Å². The van der Waals surface area contributed by atoms with Crippen LogP contribution < -0.4 is 21.5 Å². The number of carbonyl (C=O) groups excluding carboxylic acids is 2. The van der Waals surface area contributed by atoms with E-state index in [0.717, 1.165) is 24.1 Å². The van der Waals surface area contributed by atoms with Gasteiger partial charge in [-0.2, -0.15) is 5.10 Å². The number of ether oxygens (including phenoxy) is 1. The number of imidazole rings is 1. The molecule has 2 aromatic heterocycles. The Kier molecular flexibility index (Phi) is 5.17.